The molecule has 1 unspecified atom stereocenters. The Bertz CT molecular complexity index is 152. The molecule has 2 saturated heterocycles. The lowest BCUT2D eigenvalue weighted by molar-refractivity contribution is -0.141. The summed E-state index contributed by atoms with van der Waals surface area (Å²) in [5.41, 5.74) is 0.174. The molecule has 0 aromatic carbocycles. The molecule has 1 spiro atoms. The number of piperidine rings is 1. The van der Waals surface area contributed by atoms with E-state index >= 15 is 0 Å². The molecule has 0 N–H and O–H groups in total. The molecule has 0 bridgehead atoms. The summed E-state index contributed by atoms with van der Waals surface area (Å²) in [5, 5.41) is 0. The van der Waals surface area contributed by atoms with E-state index in [1.165, 1.54) is 38.6 Å². The zero-order valence-corrected chi connectivity index (χ0v) is 8.01. The topological polar surface area (TPSA) is 12.5 Å². The van der Waals surface area contributed by atoms with E-state index in [-0.39, 0.29) is 5.72 Å². The van der Waals surface area contributed by atoms with Gasteiger partial charge in [0.05, 0.1) is 0 Å². The Morgan fingerprint density at radius 1 is 1.25 bits per heavy atom. The number of likely N-dealkylation sites (tertiary alicyclic amines) is 1. The number of nitrogens with zero attached hydrogens (tertiary/aromatic N) is 1. The van der Waals surface area contributed by atoms with Gasteiger partial charge >= 0.3 is 0 Å². The molecule has 0 aromatic rings. The fourth-order valence-electron chi connectivity index (χ4n) is 2.64. The van der Waals surface area contributed by atoms with Crippen LogP contribution in [0.4, 0.5) is 0 Å². The number of hydrogen-bond donors (Lipinski definition) is 0. The first kappa shape index (κ1) is 8.52. The normalized spacial score (nSPS) is 37.8. The summed E-state index contributed by atoms with van der Waals surface area (Å²) in [6.07, 6.45) is 6.51. The van der Waals surface area contributed by atoms with Crippen LogP contribution in [0.3, 0.4) is 0 Å². The zero-order valence-electron chi connectivity index (χ0n) is 8.01. The maximum atomic E-state index is 5.91. The summed E-state index contributed by atoms with van der Waals surface area (Å²) in [4.78, 5) is 2.53. The molecular weight excluding hydrogens is 150 g/mol. The SMILES string of the molecule is CCN1CCCCC12CCCO2. The van der Waals surface area contributed by atoms with E-state index < -0.39 is 0 Å². The first-order valence-corrected chi connectivity index (χ1v) is 5.26. The third-order valence-corrected chi connectivity index (χ3v) is 3.29. The van der Waals surface area contributed by atoms with E-state index in [9.17, 15) is 0 Å². The second-order valence-corrected chi connectivity index (χ2v) is 3.93. The van der Waals surface area contributed by atoms with E-state index in [2.05, 4.69) is 11.8 Å². The minimum Gasteiger partial charge on any atom is -0.360 e. The average molecular weight is 169 g/mol. The van der Waals surface area contributed by atoms with Crippen LogP contribution in [0.1, 0.15) is 39.0 Å². The zero-order chi connectivity index (χ0) is 8.44. The Labute approximate surface area is 74.9 Å². The Morgan fingerprint density at radius 2 is 2.08 bits per heavy atom. The molecule has 2 aliphatic rings. The summed E-state index contributed by atoms with van der Waals surface area (Å²) in [5.74, 6) is 0. The summed E-state index contributed by atoms with van der Waals surface area (Å²) >= 11 is 0. The van der Waals surface area contributed by atoms with E-state index in [4.69, 9.17) is 4.74 Å². The third-order valence-electron chi connectivity index (χ3n) is 3.29. The predicted octanol–water partition coefficient (Wildman–Crippen LogP) is 2.00. The van der Waals surface area contributed by atoms with Crippen molar-refractivity contribution < 1.29 is 4.74 Å². The van der Waals surface area contributed by atoms with Crippen LogP contribution in [0.15, 0.2) is 0 Å². The van der Waals surface area contributed by atoms with Crippen LogP contribution in [0, 0.1) is 0 Å². The summed E-state index contributed by atoms with van der Waals surface area (Å²) in [7, 11) is 0. The summed E-state index contributed by atoms with van der Waals surface area (Å²) < 4.78 is 5.91. The second kappa shape index (κ2) is 3.35. The van der Waals surface area contributed by atoms with Crippen molar-refractivity contribution >= 4 is 0 Å². The van der Waals surface area contributed by atoms with Gasteiger partial charge in [-0.15, -0.1) is 0 Å². The van der Waals surface area contributed by atoms with Crippen molar-refractivity contribution in [3.63, 3.8) is 0 Å². The maximum absolute atomic E-state index is 5.91. The largest absolute Gasteiger partial charge is 0.360 e. The minimum absolute atomic E-state index is 0.174. The van der Waals surface area contributed by atoms with Crippen molar-refractivity contribution in [2.24, 2.45) is 0 Å². The lowest BCUT2D eigenvalue weighted by Gasteiger charge is -2.43. The molecule has 0 amide bonds. The van der Waals surface area contributed by atoms with Crippen molar-refractivity contribution in [2.45, 2.75) is 44.8 Å². The van der Waals surface area contributed by atoms with Gasteiger partial charge in [0.25, 0.3) is 0 Å². The van der Waals surface area contributed by atoms with Crippen LogP contribution < -0.4 is 0 Å². The van der Waals surface area contributed by atoms with Gasteiger partial charge in [0, 0.05) is 13.2 Å². The molecule has 12 heavy (non-hydrogen) atoms. The van der Waals surface area contributed by atoms with Crippen LogP contribution in [0.25, 0.3) is 0 Å². The number of ether oxygens (including phenoxy) is 1. The van der Waals surface area contributed by atoms with Crippen LogP contribution >= 0.6 is 0 Å². The lowest BCUT2D eigenvalue weighted by Crippen LogP contribution is -2.51. The van der Waals surface area contributed by atoms with Crippen LogP contribution in [-0.4, -0.2) is 30.3 Å². The second-order valence-electron chi connectivity index (χ2n) is 3.93. The molecule has 0 aliphatic carbocycles. The quantitative estimate of drug-likeness (QED) is 0.595. The molecule has 70 valence electrons. The highest BCUT2D eigenvalue weighted by molar-refractivity contribution is 4.88. The molecule has 2 nitrogen and oxygen atoms in total. The van der Waals surface area contributed by atoms with Gasteiger partial charge in [-0.25, -0.2) is 0 Å². The monoisotopic (exact) mass is 169 g/mol. The maximum Gasteiger partial charge on any atom is 0.121 e. The highest BCUT2D eigenvalue weighted by Crippen LogP contribution is 2.37. The van der Waals surface area contributed by atoms with Gasteiger partial charge < -0.3 is 4.74 Å². The van der Waals surface area contributed by atoms with Crippen LogP contribution in [0.5, 0.6) is 0 Å². The average Bonchev–Trinajstić information content (AvgIpc) is 2.55. The molecule has 0 saturated carbocycles. The van der Waals surface area contributed by atoms with Gasteiger partial charge in [0.15, 0.2) is 0 Å². The molecule has 2 aliphatic heterocycles. The Balaban J connectivity index is 2.07. The van der Waals surface area contributed by atoms with Crippen molar-refractivity contribution in [3.8, 4) is 0 Å². The van der Waals surface area contributed by atoms with Crippen molar-refractivity contribution in [1.82, 2.24) is 4.90 Å². The molecule has 2 rings (SSSR count). The van der Waals surface area contributed by atoms with Gasteiger partial charge in [-0.3, -0.25) is 4.90 Å². The van der Waals surface area contributed by atoms with Crippen molar-refractivity contribution in [1.29, 1.82) is 0 Å². The molecule has 0 aromatic heterocycles. The first-order chi connectivity index (χ1) is 5.87. The van der Waals surface area contributed by atoms with E-state index in [0.717, 1.165) is 13.2 Å². The van der Waals surface area contributed by atoms with E-state index in [1.807, 2.05) is 0 Å². The van der Waals surface area contributed by atoms with Crippen LogP contribution in [0.2, 0.25) is 0 Å². The molecule has 2 heteroatoms. The smallest absolute Gasteiger partial charge is 0.121 e. The Kier molecular flexibility index (Phi) is 2.37. The van der Waals surface area contributed by atoms with Gasteiger partial charge in [-0.1, -0.05) is 6.92 Å². The van der Waals surface area contributed by atoms with E-state index in [1.54, 1.807) is 0 Å². The van der Waals surface area contributed by atoms with Gasteiger partial charge in [-0.05, 0) is 38.6 Å². The Hall–Kier alpha value is -0.0800. The van der Waals surface area contributed by atoms with Gasteiger partial charge in [0.2, 0.25) is 0 Å². The summed E-state index contributed by atoms with van der Waals surface area (Å²) in [6.45, 7) is 5.63. The van der Waals surface area contributed by atoms with E-state index in [0.29, 0.717) is 0 Å². The standard InChI is InChI=1S/C10H19NO/c1-2-11-8-4-3-6-10(11)7-5-9-12-10/h2-9H2,1H3. The Morgan fingerprint density at radius 3 is 2.75 bits per heavy atom. The molecule has 1 atom stereocenters. The fraction of sp³-hybridized carbons (Fsp3) is 1.00. The molecule has 2 heterocycles. The molecule has 0 radical (unpaired) electrons. The first-order valence-electron chi connectivity index (χ1n) is 5.26. The highest BCUT2D eigenvalue weighted by Gasteiger charge is 2.41. The van der Waals surface area contributed by atoms with Crippen molar-refractivity contribution in [3.05, 3.63) is 0 Å². The molecule has 2 fully saturated rings. The van der Waals surface area contributed by atoms with Crippen LogP contribution in [-0.2, 0) is 4.74 Å². The highest BCUT2D eigenvalue weighted by atomic mass is 16.5. The van der Waals surface area contributed by atoms with Crippen molar-refractivity contribution in [2.75, 3.05) is 19.7 Å². The predicted molar refractivity (Wildman–Crippen MR) is 49.0 cm³/mol. The fourth-order valence-corrected chi connectivity index (χ4v) is 2.64. The number of hydrogen-bond acceptors (Lipinski definition) is 2. The minimum atomic E-state index is 0.174. The number of rotatable bonds is 1. The lowest BCUT2D eigenvalue weighted by atomic mass is 9.95. The van der Waals surface area contributed by atoms with Gasteiger partial charge in [0.1, 0.15) is 5.72 Å². The third kappa shape index (κ3) is 1.27. The molecular formula is C10H19NO. The van der Waals surface area contributed by atoms with Gasteiger partial charge in [-0.2, -0.15) is 0 Å². The summed E-state index contributed by atoms with van der Waals surface area (Å²) in [6, 6.07) is 0.